The summed E-state index contributed by atoms with van der Waals surface area (Å²) in [7, 11) is 0. The number of carbonyl (C=O) groups is 3. The Balaban J connectivity index is 3.43. The van der Waals surface area contributed by atoms with Crippen LogP contribution in [0.5, 0.6) is 0 Å². The zero-order chi connectivity index (χ0) is 12.4. The first-order valence-corrected chi connectivity index (χ1v) is 4.78. The molecule has 0 aliphatic carbocycles. The van der Waals surface area contributed by atoms with Crippen molar-refractivity contribution in [3.05, 3.63) is 0 Å². The van der Waals surface area contributed by atoms with Crippen LogP contribution in [0.3, 0.4) is 0 Å². The van der Waals surface area contributed by atoms with Crippen molar-refractivity contribution in [1.29, 1.82) is 0 Å². The quantitative estimate of drug-likeness (QED) is 0.530. The van der Waals surface area contributed by atoms with Crippen LogP contribution in [-0.2, 0) is 23.9 Å². The monoisotopic (exact) mass is 233 g/mol. The second-order valence-electron chi connectivity index (χ2n) is 2.79. The fourth-order valence-corrected chi connectivity index (χ4v) is 0.819. The molecule has 0 heterocycles. The van der Waals surface area contributed by atoms with Crippen molar-refractivity contribution in [1.82, 2.24) is 5.32 Å². The van der Waals surface area contributed by atoms with E-state index in [1.807, 2.05) is 0 Å². The van der Waals surface area contributed by atoms with Crippen molar-refractivity contribution in [3.63, 3.8) is 0 Å². The highest BCUT2D eigenvalue weighted by Gasteiger charge is 2.05. The van der Waals surface area contributed by atoms with Crippen LogP contribution in [-0.4, -0.2) is 49.3 Å². The smallest absolute Gasteiger partial charge is 0.329 e. The number of esters is 1. The van der Waals surface area contributed by atoms with Gasteiger partial charge in [-0.3, -0.25) is 9.59 Å². The molecule has 0 rings (SSSR count). The van der Waals surface area contributed by atoms with E-state index in [0.29, 0.717) is 6.61 Å². The van der Waals surface area contributed by atoms with E-state index in [1.165, 1.54) is 0 Å². The zero-order valence-electron chi connectivity index (χ0n) is 9.02. The summed E-state index contributed by atoms with van der Waals surface area (Å²) in [5, 5.41) is 10.6. The van der Waals surface area contributed by atoms with Gasteiger partial charge in [-0.15, -0.1) is 0 Å². The van der Waals surface area contributed by atoms with Crippen molar-refractivity contribution in [2.24, 2.45) is 0 Å². The minimum absolute atomic E-state index is 0.0819. The lowest BCUT2D eigenvalue weighted by Crippen LogP contribution is -2.30. The Hall–Kier alpha value is -1.63. The van der Waals surface area contributed by atoms with E-state index in [9.17, 15) is 14.4 Å². The third kappa shape index (κ3) is 8.95. The molecule has 0 aromatic heterocycles. The number of amides is 1. The average molecular weight is 233 g/mol. The lowest BCUT2D eigenvalue weighted by molar-refractivity contribution is -0.143. The molecule has 2 N–H and O–H groups in total. The number of rotatable bonds is 8. The molecule has 0 atom stereocenters. The average Bonchev–Trinajstić information content (AvgIpc) is 2.17. The number of aliphatic carboxylic acids is 1. The molecule has 7 nitrogen and oxygen atoms in total. The van der Waals surface area contributed by atoms with E-state index in [0.717, 1.165) is 0 Å². The molecule has 1 amide bonds. The topological polar surface area (TPSA) is 102 Å². The molecule has 0 saturated heterocycles. The van der Waals surface area contributed by atoms with E-state index < -0.39 is 24.5 Å². The third-order valence-electron chi connectivity index (χ3n) is 1.42. The van der Waals surface area contributed by atoms with Crippen molar-refractivity contribution in [2.75, 3.05) is 26.4 Å². The Morgan fingerprint density at radius 3 is 2.50 bits per heavy atom. The maximum absolute atomic E-state index is 11.0. The van der Waals surface area contributed by atoms with E-state index in [1.54, 1.807) is 6.92 Å². The molecule has 0 aromatic rings. The molecule has 0 radical (unpaired) electrons. The molecule has 0 saturated carbocycles. The van der Waals surface area contributed by atoms with Gasteiger partial charge in [0, 0.05) is 6.54 Å². The van der Waals surface area contributed by atoms with Gasteiger partial charge >= 0.3 is 11.9 Å². The lowest BCUT2D eigenvalue weighted by atomic mass is 10.4. The van der Waals surface area contributed by atoms with Crippen LogP contribution in [0.15, 0.2) is 0 Å². The standard InChI is InChI=1S/C9H15NO6/c1-2-16-9(14)3-4-10-7(11)5-15-6-8(12)13/h2-6H2,1H3,(H,10,11)(H,12,13). The number of hydrogen-bond donors (Lipinski definition) is 2. The molecule has 0 fully saturated rings. The summed E-state index contributed by atoms with van der Waals surface area (Å²) in [6.07, 6.45) is 0.0819. The fraction of sp³-hybridized carbons (Fsp3) is 0.667. The highest BCUT2D eigenvalue weighted by molar-refractivity contribution is 5.78. The molecule has 0 spiro atoms. The van der Waals surface area contributed by atoms with Gasteiger partial charge in [-0.2, -0.15) is 0 Å². The van der Waals surface area contributed by atoms with Crippen LogP contribution in [0.4, 0.5) is 0 Å². The summed E-state index contributed by atoms with van der Waals surface area (Å²) in [6, 6.07) is 0. The van der Waals surface area contributed by atoms with Crippen LogP contribution in [0.25, 0.3) is 0 Å². The van der Waals surface area contributed by atoms with Crippen LogP contribution in [0.2, 0.25) is 0 Å². The summed E-state index contributed by atoms with van der Waals surface area (Å²) in [4.78, 5) is 31.9. The van der Waals surface area contributed by atoms with Gasteiger partial charge in [-0.1, -0.05) is 0 Å². The highest BCUT2D eigenvalue weighted by Crippen LogP contribution is 1.84. The Labute approximate surface area is 92.7 Å². The number of carbonyl (C=O) groups excluding carboxylic acids is 2. The predicted molar refractivity (Wildman–Crippen MR) is 52.7 cm³/mol. The summed E-state index contributed by atoms with van der Waals surface area (Å²) >= 11 is 0. The zero-order valence-corrected chi connectivity index (χ0v) is 9.02. The maximum Gasteiger partial charge on any atom is 0.329 e. The van der Waals surface area contributed by atoms with Gasteiger partial charge in [0.2, 0.25) is 5.91 Å². The van der Waals surface area contributed by atoms with Crippen LogP contribution in [0.1, 0.15) is 13.3 Å². The third-order valence-corrected chi connectivity index (χ3v) is 1.42. The van der Waals surface area contributed by atoms with E-state index in [-0.39, 0.29) is 19.6 Å². The molecular weight excluding hydrogens is 218 g/mol. The molecule has 0 aromatic carbocycles. The van der Waals surface area contributed by atoms with Crippen molar-refractivity contribution < 1.29 is 29.0 Å². The molecule has 0 aliphatic rings. The van der Waals surface area contributed by atoms with Gasteiger partial charge in [-0.25, -0.2) is 4.79 Å². The fourth-order valence-electron chi connectivity index (χ4n) is 0.819. The second-order valence-corrected chi connectivity index (χ2v) is 2.79. The lowest BCUT2D eigenvalue weighted by Gasteiger charge is -2.04. The Bertz CT molecular complexity index is 252. The first kappa shape index (κ1) is 14.4. The second kappa shape index (κ2) is 8.66. The SMILES string of the molecule is CCOC(=O)CCNC(=O)COCC(=O)O. The predicted octanol–water partition coefficient (Wildman–Crippen LogP) is -0.843. The number of ether oxygens (including phenoxy) is 2. The Morgan fingerprint density at radius 2 is 1.94 bits per heavy atom. The van der Waals surface area contributed by atoms with Gasteiger partial charge in [0.25, 0.3) is 0 Å². The van der Waals surface area contributed by atoms with Crippen molar-refractivity contribution >= 4 is 17.8 Å². The largest absolute Gasteiger partial charge is 0.480 e. The molecule has 16 heavy (non-hydrogen) atoms. The van der Waals surface area contributed by atoms with Crippen LogP contribution >= 0.6 is 0 Å². The molecule has 92 valence electrons. The number of carboxylic acids is 1. The first-order valence-electron chi connectivity index (χ1n) is 4.78. The number of hydrogen-bond acceptors (Lipinski definition) is 5. The van der Waals surface area contributed by atoms with Gasteiger partial charge < -0.3 is 19.9 Å². The normalized spacial score (nSPS) is 9.56. The summed E-state index contributed by atoms with van der Waals surface area (Å²) in [5.74, 6) is -2.00. The highest BCUT2D eigenvalue weighted by atomic mass is 16.5. The van der Waals surface area contributed by atoms with Gasteiger partial charge in [0.15, 0.2) is 0 Å². The summed E-state index contributed by atoms with van der Waals surface area (Å²) in [6.45, 7) is 1.28. The number of carboxylic acid groups (broad SMARTS) is 1. The van der Waals surface area contributed by atoms with Crippen LogP contribution in [0, 0.1) is 0 Å². The molecule has 0 bridgehead atoms. The van der Waals surface area contributed by atoms with E-state index in [4.69, 9.17) is 5.11 Å². The van der Waals surface area contributed by atoms with Gasteiger partial charge in [0.1, 0.15) is 13.2 Å². The maximum atomic E-state index is 11.0. The van der Waals surface area contributed by atoms with Gasteiger partial charge in [0.05, 0.1) is 13.0 Å². The minimum atomic E-state index is -1.14. The minimum Gasteiger partial charge on any atom is -0.480 e. The van der Waals surface area contributed by atoms with Crippen molar-refractivity contribution in [2.45, 2.75) is 13.3 Å². The summed E-state index contributed by atoms with van der Waals surface area (Å²) < 4.78 is 9.17. The molecule has 0 unspecified atom stereocenters. The molecule has 0 aliphatic heterocycles. The Morgan fingerprint density at radius 1 is 1.25 bits per heavy atom. The molecule has 7 heteroatoms. The Kier molecular flexibility index (Phi) is 7.78. The van der Waals surface area contributed by atoms with E-state index in [2.05, 4.69) is 14.8 Å². The van der Waals surface area contributed by atoms with E-state index >= 15 is 0 Å². The van der Waals surface area contributed by atoms with Crippen LogP contribution < -0.4 is 5.32 Å². The summed E-state index contributed by atoms with van der Waals surface area (Å²) in [5.41, 5.74) is 0. The van der Waals surface area contributed by atoms with Crippen molar-refractivity contribution in [3.8, 4) is 0 Å². The number of nitrogens with one attached hydrogen (secondary N) is 1. The van der Waals surface area contributed by atoms with Gasteiger partial charge in [-0.05, 0) is 6.92 Å². The first-order chi connectivity index (χ1) is 7.56. The molecular formula is C9H15NO6.